The number of rotatable bonds is 4. The van der Waals surface area contributed by atoms with Crippen molar-refractivity contribution in [3.63, 3.8) is 0 Å². The van der Waals surface area contributed by atoms with Crippen LogP contribution in [0.5, 0.6) is 5.75 Å². The molecule has 0 aromatic heterocycles. The maximum Gasteiger partial charge on any atom is 0.327 e. The van der Waals surface area contributed by atoms with Gasteiger partial charge in [0, 0.05) is 18.7 Å². The second-order valence-corrected chi connectivity index (χ2v) is 9.22. The molecule has 4 atom stereocenters. The van der Waals surface area contributed by atoms with E-state index in [0.717, 1.165) is 34.4 Å². The van der Waals surface area contributed by atoms with Gasteiger partial charge in [0.05, 0.1) is 26.1 Å². The van der Waals surface area contributed by atoms with E-state index >= 15 is 0 Å². The Balaban J connectivity index is 1.65. The van der Waals surface area contributed by atoms with E-state index in [1.807, 2.05) is 23.1 Å². The number of hydrogen-bond acceptors (Lipinski definition) is 6. The van der Waals surface area contributed by atoms with Gasteiger partial charge < -0.3 is 9.47 Å². The smallest absolute Gasteiger partial charge is 0.327 e. The Morgan fingerprint density at radius 2 is 1.79 bits per heavy atom. The number of carbonyl (C=O) groups is 3. The van der Waals surface area contributed by atoms with Crippen LogP contribution in [0.2, 0.25) is 0 Å². The number of carbonyl (C=O) groups excluding carboxylic acids is 3. The summed E-state index contributed by atoms with van der Waals surface area (Å²) in [6.45, 7) is 0.582. The summed E-state index contributed by atoms with van der Waals surface area (Å²) < 4.78 is 24.3. The van der Waals surface area contributed by atoms with Crippen molar-refractivity contribution in [1.29, 1.82) is 0 Å². The Bertz CT molecular complexity index is 1170. The second kappa shape index (κ2) is 8.20. The minimum Gasteiger partial charge on any atom is -0.496 e. The van der Waals surface area contributed by atoms with Gasteiger partial charge >= 0.3 is 5.97 Å². The number of benzene rings is 2. The van der Waals surface area contributed by atoms with Gasteiger partial charge in [-0.2, -0.15) is 0 Å². The first-order valence-electron chi connectivity index (χ1n) is 11.5. The van der Waals surface area contributed by atoms with Crippen molar-refractivity contribution >= 4 is 17.8 Å². The van der Waals surface area contributed by atoms with E-state index in [9.17, 15) is 18.8 Å². The van der Waals surface area contributed by atoms with Crippen LogP contribution in [0, 0.1) is 17.7 Å². The topological polar surface area (TPSA) is 76.2 Å². The van der Waals surface area contributed by atoms with Crippen molar-refractivity contribution in [2.24, 2.45) is 11.8 Å². The maximum absolute atomic E-state index is 13.4. The molecule has 0 spiro atoms. The maximum atomic E-state index is 13.4. The number of imide groups is 1. The van der Waals surface area contributed by atoms with Crippen LogP contribution >= 0.6 is 0 Å². The van der Waals surface area contributed by atoms with E-state index in [2.05, 4.69) is 0 Å². The molecule has 7 nitrogen and oxygen atoms in total. The number of methoxy groups -OCH3 is 2. The Kier molecular flexibility index (Phi) is 5.43. The molecule has 2 amide bonds. The molecule has 3 fully saturated rings. The van der Waals surface area contributed by atoms with E-state index < -0.39 is 29.4 Å². The molecule has 178 valence electrons. The van der Waals surface area contributed by atoms with Crippen molar-refractivity contribution in [3.05, 3.63) is 53.8 Å². The first-order valence-corrected chi connectivity index (χ1v) is 11.5. The summed E-state index contributed by atoms with van der Waals surface area (Å²) in [6.07, 6.45) is 2.10. The molecule has 3 unspecified atom stereocenters. The molecule has 3 heterocycles. The Hall–Kier alpha value is -3.26. The van der Waals surface area contributed by atoms with Crippen LogP contribution < -0.4 is 4.74 Å². The number of nitrogens with zero attached hydrogens (tertiary/aromatic N) is 2. The van der Waals surface area contributed by atoms with Gasteiger partial charge in [0.15, 0.2) is 0 Å². The summed E-state index contributed by atoms with van der Waals surface area (Å²) in [7, 11) is 4.37. The number of esters is 1. The average molecular weight is 467 g/mol. The van der Waals surface area contributed by atoms with Gasteiger partial charge in [0.2, 0.25) is 11.8 Å². The fourth-order valence-corrected chi connectivity index (χ4v) is 6.26. The number of halogens is 1. The van der Waals surface area contributed by atoms with E-state index in [4.69, 9.17) is 9.47 Å². The minimum absolute atomic E-state index is 0.278. The van der Waals surface area contributed by atoms with E-state index in [0.29, 0.717) is 18.7 Å². The quantitative estimate of drug-likeness (QED) is 0.509. The van der Waals surface area contributed by atoms with Crippen molar-refractivity contribution in [2.75, 3.05) is 27.8 Å². The number of likely N-dealkylation sites (tertiary alicyclic amines) is 1. The van der Waals surface area contributed by atoms with Gasteiger partial charge in [0.25, 0.3) is 0 Å². The molecule has 5 rings (SSSR count). The van der Waals surface area contributed by atoms with Crippen LogP contribution in [0.4, 0.5) is 4.39 Å². The molecule has 0 N–H and O–H groups in total. The molecule has 3 saturated heterocycles. The van der Waals surface area contributed by atoms with Crippen molar-refractivity contribution in [1.82, 2.24) is 9.80 Å². The zero-order chi connectivity index (χ0) is 24.2. The van der Waals surface area contributed by atoms with E-state index in [1.165, 1.54) is 26.3 Å². The summed E-state index contributed by atoms with van der Waals surface area (Å²) in [5.41, 5.74) is 1.21. The van der Waals surface area contributed by atoms with Gasteiger partial charge in [-0.15, -0.1) is 0 Å². The molecule has 3 aliphatic heterocycles. The molecule has 2 aromatic carbocycles. The number of fused-ring (bicyclic) bond motifs is 3. The highest BCUT2D eigenvalue weighted by Gasteiger charge is 2.72. The fraction of sp³-hybridized carbons (Fsp3) is 0.423. The lowest BCUT2D eigenvalue weighted by Crippen LogP contribution is -2.59. The number of piperidine rings is 1. The van der Waals surface area contributed by atoms with Crippen LogP contribution in [0.25, 0.3) is 11.1 Å². The summed E-state index contributed by atoms with van der Waals surface area (Å²) >= 11 is 0. The fourth-order valence-electron chi connectivity index (χ4n) is 6.26. The number of amides is 2. The molecule has 8 heteroatoms. The predicted molar refractivity (Wildman–Crippen MR) is 121 cm³/mol. The van der Waals surface area contributed by atoms with Crippen LogP contribution in [0.1, 0.15) is 30.9 Å². The van der Waals surface area contributed by atoms with Crippen LogP contribution in [0.15, 0.2) is 42.5 Å². The number of hydrogen-bond donors (Lipinski definition) is 0. The van der Waals surface area contributed by atoms with Gasteiger partial charge in [-0.25, -0.2) is 4.39 Å². The third kappa shape index (κ3) is 3.01. The molecular formula is C26H27FN2O5. The van der Waals surface area contributed by atoms with Gasteiger partial charge in [-0.1, -0.05) is 24.3 Å². The largest absolute Gasteiger partial charge is 0.496 e. The third-order valence-corrected chi connectivity index (χ3v) is 7.74. The van der Waals surface area contributed by atoms with Gasteiger partial charge in [-0.3, -0.25) is 24.2 Å². The second-order valence-electron chi connectivity index (χ2n) is 9.22. The zero-order valence-corrected chi connectivity index (χ0v) is 19.4. The molecule has 0 bridgehead atoms. The van der Waals surface area contributed by atoms with Crippen molar-refractivity contribution in [3.8, 4) is 16.9 Å². The van der Waals surface area contributed by atoms with Crippen molar-refractivity contribution < 1.29 is 28.2 Å². The first kappa shape index (κ1) is 22.5. The van der Waals surface area contributed by atoms with E-state index in [1.54, 1.807) is 19.2 Å². The highest BCUT2D eigenvalue weighted by Crippen LogP contribution is 2.58. The highest BCUT2D eigenvalue weighted by atomic mass is 19.1. The van der Waals surface area contributed by atoms with Gasteiger partial charge in [0.1, 0.15) is 17.1 Å². The SMILES string of the molecule is COC(=O)[C@@]12CCCCN1C(c1ccc(-c3ccc(F)cc3)c(OC)c1)C1C(=O)N(C)C(=O)C12. The first-order chi connectivity index (χ1) is 16.3. The van der Waals surface area contributed by atoms with E-state index in [-0.39, 0.29) is 17.6 Å². The molecule has 34 heavy (non-hydrogen) atoms. The Labute approximate surface area is 197 Å². The molecule has 2 aromatic rings. The monoisotopic (exact) mass is 466 g/mol. The lowest BCUT2D eigenvalue weighted by Gasteiger charge is -2.44. The molecule has 0 radical (unpaired) electrons. The standard InChI is InChI=1S/C26H27FN2O5/c1-28-23(30)20-21(24(28)31)26(25(32)34-3)12-4-5-13-29(26)22(20)16-8-11-18(19(14-16)33-2)15-6-9-17(27)10-7-15/h6-11,14,20-22H,4-5,12-13H2,1-3H3/t20?,21?,22?,26-/m0/s1. The Morgan fingerprint density at radius 3 is 2.47 bits per heavy atom. The van der Waals surface area contributed by atoms with Crippen LogP contribution in [-0.4, -0.2) is 60.9 Å². The number of ether oxygens (including phenoxy) is 2. The normalized spacial score (nSPS) is 28.6. The summed E-state index contributed by atoms with van der Waals surface area (Å²) in [5.74, 6) is -2.30. The lowest BCUT2D eigenvalue weighted by atomic mass is 9.75. The van der Waals surface area contributed by atoms with Gasteiger partial charge in [-0.05, 0) is 55.1 Å². The third-order valence-electron chi connectivity index (χ3n) is 7.74. The molecule has 0 aliphatic carbocycles. The lowest BCUT2D eigenvalue weighted by molar-refractivity contribution is -0.163. The summed E-state index contributed by atoms with van der Waals surface area (Å²) in [5, 5.41) is 0. The minimum atomic E-state index is -1.16. The highest BCUT2D eigenvalue weighted by molar-refractivity contribution is 6.09. The molecule has 0 saturated carbocycles. The summed E-state index contributed by atoms with van der Waals surface area (Å²) in [4.78, 5) is 43.0. The average Bonchev–Trinajstić information content (AvgIpc) is 3.30. The summed E-state index contributed by atoms with van der Waals surface area (Å²) in [6, 6.07) is 11.3. The Morgan fingerprint density at radius 1 is 1.06 bits per heavy atom. The molecule has 3 aliphatic rings. The molecular weight excluding hydrogens is 439 g/mol. The van der Waals surface area contributed by atoms with Crippen LogP contribution in [-0.2, 0) is 19.1 Å². The van der Waals surface area contributed by atoms with Crippen molar-refractivity contribution in [2.45, 2.75) is 30.8 Å². The zero-order valence-electron chi connectivity index (χ0n) is 19.4. The van der Waals surface area contributed by atoms with Crippen LogP contribution in [0.3, 0.4) is 0 Å². The predicted octanol–water partition coefficient (Wildman–Crippen LogP) is 3.18.